The van der Waals surface area contributed by atoms with Gasteiger partial charge in [-0.1, -0.05) is 60.1 Å². The van der Waals surface area contributed by atoms with Gasteiger partial charge in [-0.3, -0.25) is 4.98 Å². The monoisotopic (exact) mass is 608 g/mol. The zero-order valence-corrected chi connectivity index (χ0v) is 24.9. The maximum Gasteiger partial charge on any atom is 0.150 e. The Kier molecular flexibility index (Phi) is 8.87. The van der Waals surface area contributed by atoms with Gasteiger partial charge in [-0.15, -0.1) is 0 Å². The number of hydrogen-bond acceptors (Lipinski definition) is 7. The summed E-state index contributed by atoms with van der Waals surface area (Å²) in [5.74, 6) is 1.57. The molecule has 3 aromatic carbocycles. The summed E-state index contributed by atoms with van der Waals surface area (Å²) >= 11 is 6.80. The van der Waals surface area contributed by atoms with E-state index in [-0.39, 0.29) is 18.5 Å². The van der Waals surface area contributed by atoms with Gasteiger partial charge in [0.15, 0.2) is 5.76 Å². The first kappa shape index (κ1) is 29.4. The molecular formula is C35H30ClFN4O3. The number of nitriles is 1. The number of aryl methyl sites for hydroxylation is 1. The van der Waals surface area contributed by atoms with Crippen LogP contribution in [-0.2, 0) is 32.5 Å². The highest BCUT2D eigenvalue weighted by atomic mass is 35.5. The molecule has 0 spiro atoms. The number of nitrogens with zero attached hydrogens (tertiary/aromatic N) is 3. The van der Waals surface area contributed by atoms with E-state index in [9.17, 15) is 9.65 Å². The summed E-state index contributed by atoms with van der Waals surface area (Å²) in [5.41, 5.74) is 6.53. The maximum absolute atomic E-state index is 14.7. The van der Waals surface area contributed by atoms with Gasteiger partial charge in [-0.2, -0.15) is 5.26 Å². The van der Waals surface area contributed by atoms with E-state index in [0.717, 1.165) is 58.5 Å². The molecule has 9 heteroatoms. The summed E-state index contributed by atoms with van der Waals surface area (Å²) in [7, 11) is 0. The molecule has 0 saturated carbocycles. The van der Waals surface area contributed by atoms with Gasteiger partial charge in [0.1, 0.15) is 36.1 Å². The van der Waals surface area contributed by atoms with Crippen LogP contribution in [-0.4, -0.2) is 10.1 Å². The lowest BCUT2D eigenvalue weighted by molar-refractivity contribution is 0.206. The standard InChI is InChI=1S/C35H30ClFN4O3/c1-2-25-14-26(44-41-25)20-40-19-24-13-31(36)35(15-34(24)42-21-23-12-22(16-38)17-39-18-23)43-33-11-10-28-27(7-5-8-30(28)33)29-6-3-4-9-32(29)37/h3-9,12-15,17-18,33,40H,2,10-11,19-21H2,1H3/t33-/m0/s1. The molecule has 1 aliphatic rings. The molecule has 0 amide bonds. The normalized spacial score (nSPS) is 13.8. The summed E-state index contributed by atoms with van der Waals surface area (Å²) in [6.45, 7) is 3.17. The quantitative estimate of drug-likeness (QED) is 0.163. The number of benzene rings is 3. The Hall–Kier alpha value is -4.71. The average Bonchev–Trinajstić information content (AvgIpc) is 3.69. The molecule has 1 atom stereocenters. The van der Waals surface area contributed by atoms with Crippen molar-refractivity contribution in [1.82, 2.24) is 15.5 Å². The molecular weight excluding hydrogens is 579 g/mol. The van der Waals surface area contributed by atoms with Crippen molar-refractivity contribution >= 4 is 11.6 Å². The lowest BCUT2D eigenvalue weighted by atomic mass is 9.96. The first-order valence-electron chi connectivity index (χ1n) is 14.5. The van der Waals surface area contributed by atoms with Crippen LogP contribution in [0.1, 0.15) is 58.7 Å². The third-order valence-electron chi connectivity index (χ3n) is 7.67. The largest absolute Gasteiger partial charge is 0.488 e. The van der Waals surface area contributed by atoms with Crippen molar-refractivity contribution in [2.24, 2.45) is 0 Å². The second kappa shape index (κ2) is 13.3. The number of hydrogen-bond donors (Lipinski definition) is 1. The van der Waals surface area contributed by atoms with Gasteiger partial charge in [0.05, 0.1) is 22.8 Å². The maximum atomic E-state index is 14.7. The molecule has 2 aromatic heterocycles. The van der Waals surface area contributed by atoms with Crippen molar-refractivity contribution in [1.29, 1.82) is 5.26 Å². The molecule has 0 bridgehead atoms. The second-order valence-electron chi connectivity index (χ2n) is 10.6. The second-order valence-corrected chi connectivity index (χ2v) is 11.0. The van der Waals surface area contributed by atoms with Crippen molar-refractivity contribution in [3.05, 3.63) is 129 Å². The predicted molar refractivity (Wildman–Crippen MR) is 165 cm³/mol. The Bertz CT molecular complexity index is 1830. The van der Waals surface area contributed by atoms with E-state index < -0.39 is 0 Å². The van der Waals surface area contributed by atoms with E-state index in [1.54, 1.807) is 24.4 Å². The van der Waals surface area contributed by atoms with Crippen LogP contribution >= 0.6 is 11.6 Å². The number of ether oxygens (including phenoxy) is 2. The van der Waals surface area contributed by atoms with E-state index in [2.05, 4.69) is 21.5 Å². The third-order valence-corrected chi connectivity index (χ3v) is 7.96. The molecule has 0 radical (unpaired) electrons. The zero-order valence-electron chi connectivity index (χ0n) is 24.1. The highest BCUT2D eigenvalue weighted by Gasteiger charge is 2.28. The molecule has 44 heavy (non-hydrogen) atoms. The molecule has 0 aliphatic heterocycles. The molecule has 7 nitrogen and oxygen atoms in total. The molecule has 0 saturated heterocycles. The fourth-order valence-electron chi connectivity index (χ4n) is 5.48. The van der Waals surface area contributed by atoms with Gasteiger partial charge in [0.2, 0.25) is 0 Å². The Labute approximate surface area is 260 Å². The van der Waals surface area contributed by atoms with Crippen LogP contribution in [0.2, 0.25) is 5.02 Å². The minimum atomic E-state index is -0.248. The van der Waals surface area contributed by atoms with Crippen LogP contribution in [0.3, 0.4) is 0 Å². The number of fused-ring (bicyclic) bond motifs is 1. The highest BCUT2D eigenvalue weighted by molar-refractivity contribution is 6.32. The summed E-state index contributed by atoms with van der Waals surface area (Å²) in [5, 5.41) is 17.1. The number of pyridine rings is 1. The van der Waals surface area contributed by atoms with E-state index in [1.807, 2.05) is 49.4 Å². The van der Waals surface area contributed by atoms with Crippen LogP contribution in [0.4, 0.5) is 4.39 Å². The summed E-state index contributed by atoms with van der Waals surface area (Å²) in [4.78, 5) is 4.14. The van der Waals surface area contributed by atoms with E-state index in [0.29, 0.717) is 40.7 Å². The van der Waals surface area contributed by atoms with Crippen LogP contribution in [0.15, 0.2) is 83.6 Å². The Morgan fingerprint density at radius 2 is 1.91 bits per heavy atom. The van der Waals surface area contributed by atoms with Crippen LogP contribution in [0, 0.1) is 17.1 Å². The van der Waals surface area contributed by atoms with E-state index in [1.165, 1.54) is 12.3 Å². The minimum absolute atomic E-state index is 0.205. The van der Waals surface area contributed by atoms with Gasteiger partial charge >= 0.3 is 0 Å². The predicted octanol–water partition coefficient (Wildman–Crippen LogP) is 7.90. The first-order valence-corrected chi connectivity index (χ1v) is 14.9. The summed E-state index contributed by atoms with van der Waals surface area (Å²) in [6, 6.07) is 22.2. The summed E-state index contributed by atoms with van der Waals surface area (Å²) in [6.07, 6.45) is 5.23. The smallest absolute Gasteiger partial charge is 0.150 e. The van der Waals surface area contributed by atoms with E-state index >= 15 is 0 Å². The lowest BCUT2D eigenvalue weighted by Crippen LogP contribution is -2.14. The number of halogens is 2. The van der Waals surface area contributed by atoms with Crippen molar-refractivity contribution in [2.75, 3.05) is 0 Å². The zero-order chi connectivity index (χ0) is 30.5. The van der Waals surface area contributed by atoms with Crippen molar-refractivity contribution in [3.8, 4) is 28.7 Å². The van der Waals surface area contributed by atoms with Crippen molar-refractivity contribution in [3.63, 3.8) is 0 Å². The Balaban J connectivity index is 1.25. The fourth-order valence-corrected chi connectivity index (χ4v) is 5.71. The molecule has 5 aromatic rings. The van der Waals surface area contributed by atoms with Gasteiger partial charge in [0, 0.05) is 47.8 Å². The molecule has 0 unspecified atom stereocenters. The molecule has 1 aliphatic carbocycles. The van der Waals surface area contributed by atoms with Gasteiger partial charge < -0.3 is 19.3 Å². The molecule has 0 fully saturated rings. The number of aromatic nitrogens is 2. The van der Waals surface area contributed by atoms with Crippen LogP contribution < -0.4 is 14.8 Å². The lowest BCUT2D eigenvalue weighted by Gasteiger charge is -2.20. The average molecular weight is 609 g/mol. The van der Waals surface area contributed by atoms with Gasteiger partial charge in [-0.05, 0) is 54.2 Å². The fraction of sp³-hybridized carbons (Fsp3) is 0.229. The Morgan fingerprint density at radius 1 is 1.05 bits per heavy atom. The van der Waals surface area contributed by atoms with Crippen LogP contribution in [0.25, 0.3) is 11.1 Å². The summed E-state index contributed by atoms with van der Waals surface area (Å²) < 4.78 is 32.8. The highest BCUT2D eigenvalue weighted by Crippen LogP contribution is 2.43. The minimum Gasteiger partial charge on any atom is -0.488 e. The number of rotatable bonds is 11. The molecule has 1 N–H and O–H groups in total. The van der Waals surface area contributed by atoms with E-state index in [4.69, 9.17) is 25.6 Å². The van der Waals surface area contributed by atoms with Gasteiger partial charge in [0.25, 0.3) is 0 Å². The van der Waals surface area contributed by atoms with Crippen LogP contribution in [0.5, 0.6) is 11.5 Å². The molecule has 6 rings (SSSR count). The topological polar surface area (TPSA) is 93.2 Å². The Morgan fingerprint density at radius 3 is 2.73 bits per heavy atom. The third kappa shape index (κ3) is 6.45. The van der Waals surface area contributed by atoms with Crippen molar-refractivity contribution in [2.45, 2.75) is 52.0 Å². The SMILES string of the molecule is CCc1cc(CNCc2cc(Cl)c(O[C@H]3CCc4c(-c5ccccc5F)cccc43)cc2OCc2cncc(C#N)c2)on1. The molecule has 2 heterocycles. The van der Waals surface area contributed by atoms with Gasteiger partial charge in [-0.25, -0.2) is 4.39 Å². The molecule has 222 valence electrons. The van der Waals surface area contributed by atoms with Crippen molar-refractivity contribution < 1.29 is 18.4 Å². The first-order chi connectivity index (χ1) is 21.5. The number of nitrogens with one attached hydrogen (secondary N) is 1.